The van der Waals surface area contributed by atoms with Gasteiger partial charge >= 0.3 is 0 Å². The van der Waals surface area contributed by atoms with Gasteiger partial charge in [-0.3, -0.25) is 4.79 Å². The minimum atomic E-state index is -0.488. The van der Waals surface area contributed by atoms with Crippen LogP contribution in [0, 0.1) is 0 Å². The van der Waals surface area contributed by atoms with Crippen LogP contribution in [-0.4, -0.2) is 15.7 Å². The van der Waals surface area contributed by atoms with E-state index >= 15 is 0 Å². The summed E-state index contributed by atoms with van der Waals surface area (Å²) in [5.74, 6) is 0.335. The standard InChI is InChI=1S/C17H13N3OS/c18-17(21)14-16-15(13-9-5-4-6-11(13)10-22-16)20(19-14)12-7-2-1-3-8-12/h1-9H,10H2,(H2,18,21). The monoisotopic (exact) mass is 307 g/mol. The zero-order chi connectivity index (χ0) is 15.1. The van der Waals surface area contributed by atoms with Gasteiger partial charge in [-0.05, 0) is 17.7 Å². The molecule has 4 nitrogen and oxygen atoms in total. The molecule has 1 amide bonds. The number of aromatic nitrogens is 2. The summed E-state index contributed by atoms with van der Waals surface area (Å²) in [5.41, 5.74) is 10.1. The molecule has 2 aromatic carbocycles. The Balaban J connectivity index is 2.04. The van der Waals surface area contributed by atoms with Crippen molar-refractivity contribution < 1.29 is 4.79 Å². The molecular weight excluding hydrogens is 294 g/mol. The number of carbonyl (C=O) groups excluding carboxylic acids is 1. The number of primary amides is 1. The Hall–Kier alpha value is -2.53. The molecular formula is C17H13N3OS. The maximum Gasteiger partial charge on any atom is 0.270 e. The lowest BCUT2D eigenvalue weighted by Gasteiger charge is -2.18. The Kier molecular flexibility index (Phi) is 3.01. The van der Waals surface area contributed by atoms with Crippen molar-refractivity contribution in [2.24, 2.45) is 5.73 Å². The quantitative estimate of drug-likeness (QED) is 0.790. The molecule has 2 N–H and O–H groups in total. The number of hydrogen-bond acceptors (Lipinski definition) is 3. The highest BCUT2D eigenvalue weighted by Gasteiger charge is 2.28. The largest absolute Gasteiger partial charge is 0.364 e. The van der Waals surface area contributed by atoms with Crippen molar-refractivity contribution in [3.8, 4) is 16.9 Å². The second kappa shape index (κ2) is 5.03. The van der Waals surface area contributed by atoms with Crippen LogP contribution < -0.4 is 5.73 Å². The van der Waals surface area contributed by atoms with Crippen molar-refractivity contribution in [3.05, 3.63) is 65.9 Å². The lowest BCUT2D eigenvalue weighted by molar-refractivity contribution is 0.0992. The van der Waals surface area contributed by atoms with Gasteiger partial charge in [0.25, 0.3) is 5.91 Å². The van der Waals surface area contributed by atoms with Crippen molar-refractivity contribution in [3.63, 3.8) is 0 Å². The van der Waals surface area contributed by atoms with Gasteiger partial charge in [0, 0.05) is 11.3 Å². The highest BCUT2D eigenvalue weighted by atomic mass is 32.2. The van der Waals surface area contributed by atoms with Crippen LogP contribution in [0.1, 0.15) is 16.1 Å². The molecule has 0 atom stereocenters. The van der Waals surface area contributed by atoms with E-state index in [1.165, 1.54) is 5.56 Å². The minimum absolute atomic E-state index is 0.346. The zero-order valence-electron chi connectivity index (χ0n) is 11.7. The molecule has 0 aliphatic carbocycles. The number of nitrogens with two attached hydrogens (primary N) is 1. The number of carbonyl (C=O) groups is 1. The first-order valence-corrected chi connectivity index (χ1v) is 7.93. The van der Waals surface area contributed by atoms with Crippen LogP contribution >= 0.6 is 11.8 Å². The fraction of sp³-hybridized carbons (Fsp3) is 0.0588. The van der Waals surface area contributed by atoms with E-state index in [1.807, 2.05) is 47.1 Å². The van der Waals surface area contributed by atoms with E-state index < -0.39 is 5.91 Å². The molecule has 2 heterocycles. The van der Waals surface area contributed by atoms with Crippen molar-refractivity contribution >= 4 is 17.7 Å². The highest BCUT2D eigenvalue weighted by molar-refractivity contribution is 7.98. The second-order valence-corrected chi connectivity index (χ2v) is 6.07. The number of hydrogen-bond donors (Lipinski definition) is 1. The lowest BCUT2D eigenvalue weighted by atomic mass is 10.0. The third-order valence-electron chi connectivity index (χ3n) is 3.72. The summed E-state index contributed by atoms with van der Waals surface area (Å²) in [6.45, 7) is 0. The Morgan fingerprint density at radius 3 is 2.59 bits per heavy atom. The third kappa shape index (κ3) is 1.94. The van der Waals surface area contributed by atoms with Gasteiger partial charge in [-0.1, -0.05) is 42.5 Å². The normalized spacial score (nSPS) is 12.5. The molecule has 5 heteroatoms. The summed E-state index contributed by atoms with van der Waals surface area (Å²) in [6.07, 6.45) is 0. The van der Waals surface area contributed by atoms with Gasteiger partial charge in [-0.25, -0.2) is 4.68 Å². The number of benzene rings is 2. The summed E-state index contributed by atoms with van der Waals surface area (Å²) in [6, 6.07) is 18.0. The first-order chi connectivity index (χ1) is 10.8. The van der Waals surface area contributed by atoms with E-state index in [9.17, 15) is 4.79 Å². The fourth-order valence-electron chi connectivity index (χ4n) is 2.72. The number of thioether (sulfide) groups is 1. The minimum Gasteiger partial charge on any atom is -0.364 e. The van der Waals surface area contributed by atoms with Crippen LogP contribution in [0.25, 0.3) is 16.9 Å². The van der Waals surface area contributed by atoms with Gasteiger partial charge in [0.2, 0.25) is 0 Å². The van der Waals surface area contributed by atoms with Crippen LogP contribution in [-0.2, 0) is 5.75 Å². The second-order valence-electron chi connectivity index (χ2n) is 5.08. The number of para-hydroxylation sites is 1. The molecule has 0 fully saturated rings. The average molecular weight is 307 g/mol. The molecule has 3 aromatic rings. The van der Waals surface area contributed by atoms with Crippen LogP contribution in [0.5, 0.6) is 0 Å². The molecule has 0 saturated heterocycles. The summed E-state index contributed by atoms with van der Waals surface area (Å²) in [4.78, 5) is 12.6. The molecule has 1 aliphatic rings. The highest BCUT2D eigenvalue weighted by Crippen LogP contribution is 2.44. The molecule has 0 unspecified atom stereocenters. The average Bonchev–Trinajstić information content (AvgIpc) is 2.96. The zero-order valence-corrected chi connectivity index (χ0v) is 12.5. The lowest BCUT2D eigenvalue weighted by Crippen LogP contribution is -2.13. The number of nitrogens with zero attached hydrogens (tertiary/aromatic N) is 2. The van der Waals surface area contributed by atoms with Crippen molar-refractivity contribution in [1.82, 2.24) is 9.78 Å². The molecule has 108 valence electrons. The molecule has 22 heavy (non-hydrogen) atoms. The summed E-state index contributed by atoms with van der Waals surface area (Å²) >= 11 is 1.62. The molecule has 0 spiro atoms. The van der Waals surface area contributed by atoms with Gasteiger partial charge in [0.15, 0.2) is 5.69 Å². The Morgan fingerprint density at radius 1 is 1.09 bits per heavy atom. The predicted molar refractivity (Wildman–Crippen MR) is 87.1 cm³/mol. The molecule has 0 bridgehead atoms. The molecule has 4 rings (SSSR count). The molecule has 1 aromatic heterocycles. The van der Waals surface area contributed by atoms with Crippen LogP contribution in [0.2, 0.25) is 0 Å². The van der Waals surface area contributed by atoms with Crippen molar-refractivity contribution in [2.45, 2.75) is 10.6 Å². The van der Waals surface area contributed by atoms with Crippen LogP contribution in [0.15, 0.2) is 59.5 Å². The number of rotatable bonds is 2. The maximum absolute atomic E-state index is 11.8. The molecule has 0 radical (unpaired) electrons. The maximum atomic E-state index is 11.8. The summed E-state index contributed by atoms with van der Waals surface area (Å²) < 4.78 is 1.82. The van der Waals surface area contributed by atoms with Crippen LogP contribution in [0.3, 0.4) is 0 Å². The van der Waals surface area contributed by atoms with E-state index in [-0.39, 0.29) is 0 Å². The van der Waals surface area contributed by atoms with Crippen molar-refractivity contribution in [1.29, 1.82) is 0 Å². The van der Waals surface area contributed by atoms with Crippen molar-refractivity contribution in [2.75, 3.05) is 0 Å². The van der Waals surface area contributed by atoms with Gasteiger partial charge in [-0.2, -0.15) is 5.10 Å². The third-order valence-corrected chi connectivity index (χ3v) is 4.85. The van der Waals surface area contributed by atoms with E-state index in [0.29, 0.717) is 5.69 Å². The smallest absolute Gasteiger partial charge is 0.270 e. The Morgan fingerprint density at radius 2 is 1.82 bits per heavy atom. The first-order valence-electron chi connectivity index (χ1n) is 6.95. The Bertz CT molecular complexity index is 871. The van der Waals surface area contributed by atoms with E-state index in [0.717, 1.165) is 27.6 Å². The summed E-state index contributed by atoms with van der Waals surface area (Å²) in [5, 5.41) is 4.48. The summed E-state index contributed by atoms with van der Waals surface area (Å²) in [7, 11) is 0. The van der Waals surface area contributed by atoms with E-state index in [2.05, 4.69) is 17.2 Å². The van der Waals surface area contributed by atoms with Gasteiger partial charge in [-0.15, -0.1) is 11.8 Å². The van der Waals surface area contributed by atoms with Gasteiger partial charge in [0.05, 0.1) is 16.3 Å². The topological polar surface area (TPSA) is 60.9 Å². The predicted octanol–water partition coefficient (Wildman–Crippen LogP) is 3.24. The molecule has 0 saturated carbocycles. The fourth-order valence-corrected chi connectivity index (χ4v) is 3.88. The first kappa shape index (κ1) is 13.2. The van der Waals surface area contributed by atoms with Gasteiger partial charge in [0.1, 0.15) is 0 Å². The SMILES string of the molecule is NC(=O)c1nn(-c2ccccc2)c2c1SCc1ccccc1-2. The number of amides is 1. The van der Waals surface area contributed by atoms with Crippen LogP contribution in [0.4, 0.5) is 0 Å². The number of fused-ring (bicyclic) bond motifs is 3. The molecule has 1 aliphatic heterocycles. The van der Waals surface area contributed by atoms with Gasteiger partial charge < -0.3 is 5.73 Å². The Labute approximate surface area is 132 Å². The van der Waals surface area contributed by atoms with E-state index in [4.69, 9.17) is 5.73 Å². The van der Waals surface area contributed by atoms with E-state index in [1.54, 1.807) is 11.8 Å².